The van der Waals surface area contributed by atoms with Crippen LogP contribution in [-0.4, -0.2) is 41.1 Å². The zero-order chi connectivity index (χ0) is 17.1. The van der Waals surface area contributed by atoms with Crippen molar-refractivity contribution in [2.75, 3.05) is 20.2 Å². The van der Waals surface area contributed by atoms with Gasteiger partial charge in [0.15, 0.2) is 0 Å². The number of carbonyl (C=O) groups excluding carboxylic acids is 1. The number of likely N-dealkylation sites (N-methyl/N-ethyl adjacent to an activating group) is 1. The third-order valence-corrected chi connectivity index (χ3v) is 4.12. The molecule has 5 heteroatoms. The molecule has 4 nitrogen and oxygen atoms in total. The lowest BCUT2D eigenvalue weighted by Gasteiger charge is -2.17. The molecule has 24 heavy (non-hydrogen) atoms. The molecular formula is C19H17ClN2O2. The number of benzene rings is 2. The van der Waals surface area contributed by atoms with E-state index in [0.717, 1.165) is 16.5 Å². The van der Waals surface area contributed by atoms with Crippen LogP contribution < -0.4 is 0 Å². The highest BCUT2D eigenvalue weighted by atomic mass is 35.5. The van der Waals surface area contributed by atoms with E-state index in [1.165, 1.54) is 4.90 Å². The maximum atomic E-state index is 12.8. The van der Waals surface area contributed by atoms with Gasteiger partial charge < -0.3 is 10.0 Å². The van der Waals surface area contributed by atoms with Crippen molar-refractivity contribution >= 4 is 28.4 Å². The largest absolute Gasteiger partial charge is 0.395 e. The molecule has 0 saturated heterocycles. The van der Waals surface area contributed by atoms with Crippen molar-refractivity contribution in [1.82, 2.24) is 9.88 Å². The highest BCUT2D eigenvalue weighted by Crippen LogP contribution is 2.26. The molecule has 0 spiro atoms. The van der Waals surface area contributed by atoms with Gasteiger partial charge in [-0.1, -0.05) is 41.9 Å². The highest BCUT2D eigenvalue weighted by molar-refractivity contribution is 6.30. The van der Waals surface area contributed by atoms with E-state index in [9.17, 15) is 4.79 Å². The van der Waals surface area contributed by atoms with Crippen LogP contribution in [0.2, 0.25) is 5.02 Å². The number of amides is 1. The first-order chi connectivity index (χ1) is 11.6. The van der Waals surface area contributed by atoms with Gasteiger partial charge in [-0.15, -0.1) is 0 Å². The third kappa shape index (κ3) is 3.25. The van der Waals surface area contributed by atoms with Crippen molar-refractivity contribution in [3.05, 3.63) is 65.2 Å². The second kappa shape index (κ2) is 6.99. The summed E-state index contributed by atoms with van der Waals surface area (Å²) in [6.45, 7) is 0.209. The molecule has 0 atom stereocenters. The molecule has 1 aromatic heterocycles. The van der Waals surface area contributed by atoms with Gasteiger partial charge in [-0.05, 0) is 24.3 Å². The van der Waals surface area contributed by atoms with Crippen molar-refractivity contribution in [3.63, 3.8) is 0 Å². The topological polar surface area (TPSA) is 53.4 Å². The summed E-state index contributed by atoms with van der Waals surface area (Å²) in [5, 5.41) is 10.5. The van der Waals surface area contributed by atoms with E-state index in [1.807, 2.05) is 36.4 Å². The van der Waals surface area contributed by atoms with Gasteiger partial charge in [-0.3, -0.25) is 4.79 Å². The van der Waals surface area contributed by atoms with E-state index in [2.05, 4.69) is 4.98 Å². The van der Waals surface area contributed by atoms with E-state index in [-0.39, 0.29) is 19.1 Å². The molecular weight excluding hydrogens is 324 g/mol. The van der Waals surface area contributed by atoms with Gasteiger partial charge in [0.1, 0.15) is 0 Å². The van der Waals surface area contributed by atoms with Crippen LogP contribution in [0.5, 0.6) is 0 Å². The summed E-state index contributed by atoms with van der Waals surface area (Å²) < 4.78 is 0. The Balaban J connectivity index is 2.16. The average molecular weight is 341 g/mol. The Hall–Kier alpha value is -2.43. The molecule has 0 unspecified atom stereocenters. The zero-order valence-corrected chi connectivity index (χ0v) is 14.0. The van der Waals surface area contributed by atoms with Gasteiger partial charge in [-0.2, -0.15) is 0 Å². The highest BCUT2D eigenvalue weighted by Gasteiger charge is 2.17. The average Bonchev–Trinajstić information content (AvgIpc) is 2.61. The number of halogens is 1. The van der Waals surface area contributed by atoms with Crippen LogP contribution in [0.25, 0.3) is 22.2 Å². The number of hydrogen-bond donors (Lipinski definition) is 1. The number of pyridine rings is 1. The van der Waals surface area contributed by atoms with Gasteiger partial charge >= 0.3 is 0 Å². The number of aliphatic hydroxyl groups excluding tert-OH is 1. The molecule has 122 valence electrons. The van der Waals surface area contributed by atoms with Crippen LogP contribution in [0.4, 0.5) is 0 Å². The Morgan fingerprint density at radius 1 is 1.17 bits per heavy atom. The quantitative estimate of drug-likeness (QED) is 0.789. The Bertz CT molecular complexity index is 878. The summed E-state index contributed by atoms with van der Waals surface area (Å²) in [6, 6.07) is 16.7. The first kappa shape index (κ1) is 16.4. The number of hydrogen-bond acceptors (Lipinski definition) is 3. The fourth-order valence-corrected chi connectivity index (χ4v) is 2.70. The second-order valence-electron chi connectivity index (χ2n) is 5.53. The minimum Gasteiger partial charge on any atom is -0.395 e. The number of fused-ring (bicyclic) bond motifs is 1. The number of nitrogens with zero attached hydrogens (tertiary/aromatic N) is 2. The van der Waals surface area contributed by atoms with Crippen LogP contribution in [0.3, 0.4) is 0 Å². The second-order valence-corrected chi connectivity index (χ2v) is 5.97. The molecule has 1 heterocycles. The summed E-state index contributed by atoms with van der Waals surface area (Å²) in [4.78, 5) is 18.9. The van der Waals surface area contributed by atoms with Crippen molar-refractivity contribution in [1.29, 1.82) is 0 Å². The third-order valence-electron chi connectivity index (χ3n) is 3.87. The van der Waals surface area contributed by atoms with Crippen LogP contribution in [0, 0.1) is 0 Å². The van der Waals surface area contributed by atoms with Gasteiger partial charge in [-0.25, -0.2) is 4.98 Å². The molecule has 0 bridgehead atoms. The summed E-state index contributed by atoms with van der Waals surface area (Å²) in [5.74, 6) is -0.141. The van der Waals surface area contributed by atoms with Crippen LogP contribution in [-0.2, 0) is 0 Å². The smallest absolute Gasteiger partial charge is 0.254 e. The van der Waals surface area contributed by atoms with Crippen molar-refractivity contribution < 1.29 is 9.90 Å². The van der Waals surface area contributed by atoms with E-state index < -0.39 is 0 Å². The molecule has 1 amide bonds. The molecule has 3 rings (SSSR count). The van der Waals surface area contributed by atoms with Crippen molar-refractivity contribution in [3.8, 4) is 11.3 Å². The molecule has 0 aliphatic rings. The van der Waals surface area contributed by atoms with E-state index in [4.69, 9.17) is 16.7 Å². The number of aromatic nitrogens is 1. The van der Waals surface area contributed by atoms with E-state index >= 15 is 0 Å². The lowest BCUT2D eigenvalue weighted by molar-refractivity contribution is 0.0769. The summed E-state index contributed by atoms with van der Waals surface area (Å²) in [5.41, 5.74) is 2.93. The van der Waals surface area contributed by atoms with Crippen molar-refractivity contribution in [2.24, 2.45) is 0 Å². The standard InChI is InChI=1S/C19H17ClN2O2/c1-22(10-11-23)19(24)16-12-18(13-6-8-14(20)9-7-13)21-17-5-3-2-4-15(16)17/h2-9,12,23H,10-11H2,1H3. The Morgan fingerprint density at radius 2 is 1.88 bits per heavy atom. The molecule has 3 aromatic rings. The number of aliphatic hydroxyl groups is 1. The monoisotopic (exact) mass is 340 g/mol. The molecule has 1 N–H and O–H groups in total. The van der Waals surface area contributed by atoms with Crippen LogP contribution >= 0.6 is 11.6 Å². The van der Waals surface area contributed by atoms with Gasteiger partial charge in [0.05, 0.1) is 23.4 Å². The van der Waals surface area contributed by atoms with E-state index in [0.29, 0.717) is 16.3 Å². The minimum atomic E-state index is -0.141. The zero-order valence-electron chi connectivity index (χ0n) is 13.2. The van der Waals surface area contributed by atoms with Gasteiger partial charge in [0.25, 0.3) is 5.91 Å². The normalized spacial score (nSPS) is 10.8. The predicted octanol–water partition coefficient (Wildman–Crippen LogP) is 3.62. The SMILES string of the molecule is CN(CCO)C(=O)c1cc(-c2ccc(Cl)cc2)nc2ccccc12. The summed E-state index contributed by atoms with van der Waals surface area (Å²) in [7, 11) is 1.68. The lowest BCUT2D eigenvalue weighted by Crippen LogP contribution is -2.29. The minimum absolute atomic E-state index is 0.0741. The summed E-state index contributed by atoms with van der Waals surface area (Å²) in [6.07, 6.45) is 0. The first-order valence-electron chi connectivity index (χ1n) is 7.62. The fourth-order valence-electron chi connectivity index (χ4n) is 2.58. The van der Waals surface area contributed by atoms with Crippen molar-refractivity contribution in [2.45, 2.75) is 0 Å². The summed E-state index contributed by atoms with van der Waals surface area (Å²) >= 11 is 5.95. The predicted molar refractivity (Wildman–Crippen MR) is 96.2 cm³/mol. The molecule has 2 aromatic carbocycles. The first-order valence-corrected chi connectivity index (χ1v) is 8.00. The van der Waals surface area contributed by atoms with Gasteiger partial charge in [0.2, 0.25) is 0 Å². The Kier molecular flexibility index (Phi) is 4.79. The molecule has 0 saturated carbocycles. The Labute approximate surface area is 145 Å². The molecule has 0 aliphatic heterocycles. The van der Waals surface area contributed by atoms with Gasteiger partial charge in [0, 0.05) is 29.6 Å². The molecule has 0 radical (unpaired) electrons. The maximum Gasteiger partial charge on any atom is 0.254 e. The lowest BCUT2D eigenvalue weighted by atomic mass is 10.0. The van der Waals surface area contributed by atoms with Crippen LogP contribution in [0.15, 0.2) is 54.6 Å². The molecule has 0 aliphatic carbocycles. The Morgan fingerprint density at radius 3 is 2.58 bits per heavy atom. The molecule has 0 fully saturated rings. The number of carbonyl (C=O) groups is 1. The van der Waals surface area contributed by atoms with E-state index in [1.54, 1.807) is 25.2 Å². The maximum absolute atomic E-state index is 12.8. The van der Waals surface area contributed by atoms with Crippen LogP contribution in [0.1, 0.15) is 10.4 Å². The number of rotatable bonds is 4. The number of para-hydroxylation sites is 1. The fraction of sp³-hybridized carbons (Fsp3) is 0.158.